The predicted octanol–water partition coefficient (Wildman–Crippen LogP) is 3.91. The van der Waals surface area contributed by atoms with Gasteiger partial charge in [0, 0.05) is 34.8 Å². The first-order chi connectivity index (χ1) is 12.2. The average Bonchev–Trinajstić information content (AvgIpc) is 3.06. The molecule has 0 aromatic heterocycles. The van der Waals surface area contributed by atoms with E-state index in [0.717, 1.165) is 41.3 Å². The monoisotopic (exact) mass is 359 g/mol. The van der Waals surface area contributed by atoms with Gasteiger partial charge >= 0.3 is 0 Å². The third-order valence-corrected chi connectivity index (χ3v) is 4.59. The van der Waals surface area contributed by atoms with Crippen molar-refractivity contribution in [2.75, 3.05) is 18.2 Å². The molecule has 2 aliphatic heterocycles. The molecular weight excluding hydrogens is 342 g/mol. The number of halogens is 1. The summed E-state index contributed by atoms with van der Waals surface area (Å²) < 4.78 is 16.8. The van der Waals surface area contributed by atoms with E-state index < -0.39 is 0 Å². The van der Waals surface area contributed by atoms with E-state index in [0.29, 0.717) is 24.7 Å². The maximum absolute atomic E-state index is 11.8. The van der Waals surface area contributed by atoms with Crippen LogP contribution in [0, 0.1) is 0 Å². The highest BCUT2D eigenvalue weighted by Gasteiger charge is 2.21. The van der Waals surface area contributed by atoms with Crippen molar-refractivity contribution in [3.8, 4) is 11.5 Å². The quantitative estimate of drug-likeness (QED) is 0.830. The highest BCUT2D eigenvalue weighted by Crippen LogP contribution is 2.32. The van der Waals surface area contributed by atoms with Gasteiger partial charge in [-0.15, -0.1) is 0 Å². The van der Waals surface area contributed by atoms with Crippen molar-refractivity contribution in [2.24, 2.45) is 0 Å². The minimum absolute atomic E-state index is 0.179. The molecule has 1 fully saturated rings. The fourth-order valence-electron chi connectivity index (χ4n) is 3.17. The summed E-state index contributed by atoms with van der Waals surface area (Å²) >= 11 is 6.17. The Kier molecular flexibility index (Phi) is 4.51. The van der Waals surface area contributed by atoms with Gasteiger partial charge in [-0.05, 0) is 42.8 Å². The molecule has 1 saturated heterocycles. The summed E-state index contributed by atoms with van der Waals surface area (Å²) in [7, 11) is 0. The number of hydrogen-bond donors (Lipinski definition) is 0. The maximum atomic E-state index is 11.8. The van der Waals surface area contributed by atoms with Gasteiger partial charge in [0.15, 0.2) is 6.79 Å². The second-order valence-electron chi connectivity index (χ2n) is 6.10. The third kappa shape index (κ3) is 3.43. The van der Waals surface area contributed by atoms with Crippen LogP contribution in [-0.2, 0) is 22.7 Å². The van der Waals surface area contributed by atoms with Crippen molar-refractivity contribution in [3.63, 3.8) is 0 Å². The highest BCUT2D eigenvalue weighted by atomic mass is 35.5. The summed E-state index contributed by atoms with van der Waals surface area (Å²) in [5.41, 5.74) is 2.74. The van der Waals surface area contributed by atoms with Crippen LogP contribution in [0.5, 0.6) is 11.5 Å². The molecule has 6 heteroatoms. The van der Waals surface area contributed by atoms with Crippen molar-refractivity contribution in [1.82, 2.24) is 0 Å². The van der Waals surface area contributed by atoms with E-state index in [-0.39, 0.29) is 12.7 Å². The van der Waals surface area contributed by atoms with Crippen LogP contribution >= 0.6 is 11.6 Å². The van der Waals surface area contributed by atoms with Crippen molar-refractivity contribution >= 4 is 23.2 Å². The summed E-state index contributed by atoms with van der Waals surface area (Å²) in [6, 6.07) is 11.3. The number of hydrogen-bond acceptors (Lipinski definition) is 4. The lowest BCUT2D eigenvalue weighted by molar-refractivity contribution is -0.117. The van der Waals surface area contributed by atoms with Gasteiger partial charge in [0.1, 0.15) is 18.1 Å². The number of rotatable bonds is 4. The number of carbonyl (C=O) groups excluding carboxylic acids is 1. The number of benzene rings is 2. The zero-order chi connectivity index (χ0) is 17.2. The Bertz CT molecular complexity index is 791. The van der Waals surface area contributed by atoms with Crippen molar-refractivity contribution in [1.29, 1.82) is 0 Å². The number of carbonyl (C=O) groups is 1. The van der Waals surface area contributed by atoms with Crippen LogP contribution in [-0.4, -0.2) is 19.2 Å². The Morgan fingerprint density at radius 3 is 2.80 bits per heavy atom. The molecule has 130 valence electrons. The molecule has 1 amide bonds. The van der Waals surface area contributed by atoms with E-state index in [9.17, 15) is 4.79 Å². The highest BCUT2D eigenvalue weighted by molar-refractivity contribution is 6.30. The average molecular weight is 360 g/mol. The summed E-state index contributed by atoms with van der Waals surface area (Å²) in [4.78, 5) is 13.6. The Hall–Kier alpha value is -2.24. The standard InChI is InChI=1S/C19H18ClNO4/c20-15-8-13-10-23-12-25-19(13)14(9-15)11-24-17-5-3-16(4-6-17)21-7-1-2-18(21)22/h3-6,8-9H,1-2,7,10-12H2. The zero-order valence-corrected chi connectivity index (χ0v) is 14.4. The molecule has 0 bridgehead atoms. The zero-order valence-electron chi connectivity index (χ0n) is 13.7. The molecule has 5 nitrogen and oxygen atoms in total. The second kappa shape index (κ2) is 6.94. The molecule has 25 heavy (non-hydrogen) atoms. The van der Waals surface area contributed by atoms with Crippen molar-refractivity contribution < 1.29 is 19.0 Å². The smallest absolute Gasteiger partial charge is 0.227 e. The van der Waals surface area contributed by atoms with Crippen LogP contribution in [0.4, 0.5) is 5.69 Å². The molecule has 2 aromatic carbocycles. The first-order valence-electron chi connectivity index (χ1n) is 8.26. The van der Waals surface area contributed by atoms with Crippen molar-refractivity contribution in [3.05, 3.63) is 52.5 Å². The Balaban J connectivity index is 1.47. The van der Waals surface area contributed by atoms with Gasteiger partial charge in [0.2, 0.25) is 5.91 Å². The van der Waals surface area contributed by atoms with Gasteiger partial charge in [-0.3, -0.25) is 4.79 Å². The minimum atomic E-state index is 0.179. The molecule has 0 N–H and O–H groups in total. The lowest BCUT2D eigenvalue weighted by Gasteiger charge is -2.21. The Morgan fingerprint density at radius 2 is 2.04 bits per heavy atom. The fourth-order valence-corrected chi connectivity index (χ4v) is 3.43. The lowest BCUT2D eigenvalue weighted by atomic mass is 10.1. The summed E-state index contributed by atoms with van der Waals surface area (Å²) in [6.45, 7) is 1.86. The topological polar surface area (TPSA) is 48.0 Å². The van der Waals surface area contributed by atoms with Crippen molar-refractivity contribution in [2.45, 2.75) is 26.1 Å². The van der Waals surface area contributed by atoms with Crippen LogP contribution in [0.15, 0.2) is 36.4 Å². The number of ether oxygens (including phenoxy) is 3. The largest absolute Gasteiger partial charge is 0.489 e. The number of nitrogens with zero attached hydrogens (tertiary/aromatic N) is 1. The number of anilines is 1. The summed E-state index contributed by atoms with van der Waals surface area (Å²) in [5, 5.41) is 0.634. The molecule has 0 unspecified atom stereocenters. The summed E-state index contributed by atoms with van der Waals surface area (Å²) in [5.74, 6) is 1.70. The van der Waals surface area contributed by atoms with Gasteiger partial charge in [0.25, 0.3) is 0 Å². The van der Waals surface area contributed by atoms with Gasteiger partial charge in [-0.2, -0.15) is 0 Å². The second-order valence-corrected chi connectivity index (χ2v) is 6.53. The molecule has 0 aliphatic carbocycles. The van der Waals surface area contributed by atoms with Crippen LogP contribution in [0.25, 0.3) is 0 Å². The molecule has 4 rings (SSSR count). The minimum Gasteiger partial charge on any atom is -0.489 e. The van der Waals surface area contributed by atoms with Gasteiger partial charge < -0.3 is 19.1 Å². The maximum Gasteiger partial charge on any atom is 0.227 e. The number of fused-ring (bicyclic) bond motifs is 1. The SMILES string of the molecule is O=C1CCCN1c1ccc(OCc2cc(Cl)cc3c2OCOC3)cc1. The summed E-state index contributed by atoms with van der Waals surface area (Å²) in [6.07, 6.45) is 1.54. The molecule has 0 atom stereocenters. The normalized spacial score (nSPS) is 16.5. The van der Waals surface area contributed by atoms with E-state index >= 15 is 0 Å². The molecule has 0 spiro atoms. The van der Waals surface area contributed by atoms with Gasteiger partial charge in [-0.25, -0.2) is 0 Å². The lowest BCUT2D eigenvalue weighted by Crippen LogP contribution is -2.23. The van der Waals surface area contributed by atoms with Gasteiger partial charge in [-0.1, -0.05) is 11.6 Å². The van der Waals surface area contributed by atoms with Crippen LogP contribution in [0.1, 0.15) is 24.0 Å². The van der Waals surface area contributed by atoms with Gasteiger partial charge in [0.05, 0.1) is 6.61 Å². The number of amides is 1. The third-order valence-electron chi connectivity index (χ3n) is 4.37. The van der Waals surface area contributed by atoms with E-state index in [2.05, 4.69) is 0 Å². The molecule has 2 aliphatic rings. The predicted molar refractivity (Wildman–Crippen MR) is 94.1 cm³/mol. The van der Waals surface area contributed by atoms with E-state index in [1.807, 2.05) is 41.3 Å². The molecule has 0 radical (unpaired) electrons. The Labute approximate surface area is 151 Å². The van der Waals surface area contributed by atoms with Crippen LogP contribution in [0.3, 0.4) is 0 Å². The first-order valence-corrected chi connectivity index (χ1v) is 8.63. The van der Waals surface area contributed by atoms with E-state index in [4.69, 9.17) is 25.8 Å². The molecule has 0 saturated carbocycles. The van der Waals surface area contributed by atoms with Crippen LogP contribution in [0.2, 0.25) is 5.02 Å². The van der Waals surface area contributed by atoms with Crippen LogP contribution < -0.4 is 14.4 Å². The first kappa shape index (κ1) is 16.2. The fraction of sp³-hybridized carbons (Fsp3) is 0.316. The molecule has 2 heterocycles. The Morgan fingerprint density at radius 1 is 1.20 bits per heavy atom. The van der Waals surface area contributed by atoms with E-state index in [1.165, 1.54) is 0 Å². The molecular formula is C19H18ClNO4. The molecule has 2 aromatic rings. The van der Waals surface area contributed by atoms with E-state index in [1.54, 1.807) is 0 Å².